The zero-order valence-corrected chi connectivity index (χ0v) is 23.6. The highest BCUT2D eigenvalue weighted by Crippen LogP contribution is 2.47. The van der Waals surface area contributed by atoms with Crippen LogP contribution in [0.2, 0.25) is 0 Å². The molecule has 0 saturated carbocycles. The summed E-state index contributed by atoms with van der Waals surface area (Å²) in [4.78, 5) is 35.5. The number of thioether (sulfide) groups is 1. The fourth-order valence-corrected chi connectivity index (χ4v) is 5.82. The Morgan fingerprint density at radius 1 is 0.950 bits per heavy atom. The summed E-state index contributed by atoms with van der Waals surface area (Å²) in [5, 5.41) is 2.66. The topological polar surface area (TPSA) is 71.4 Å². The van der Waals surface area contributed by atoms with Gasteiger partial charge in [0.2, 0.25) is 5.91 Å². The second-order valence-corrected chi connectivity index (χ2v) is 10.4. The van der Waals surface area contributed by atoms with Crippen molar-refractivity contribution in [2.75, 3.05) is 14.2 Å². The van der Waals surface area contributed by atoms with Crippen molar-refractivity contribution < 1.29 is 19.1 Å². The molecule has 3 aromatic rings. The second kappa shape index (κ2) is 12.3. The molecule has 0 saturated heterocycles. The van der Waals surface area contributed by atoms with Crippen molar-refractivity contribution in [3.05, 3.63) is 124 Å². The van der Waals surface area contributed by atoms with Gasteiger partial charge < -0.3 is 19.3 Å². The molecule has 40 heavy (non-hydrogen) atoms. The standard InChI is InChI=1S/C32H31N3O4S/c1-22-29(31(37)39-20-24-14-8-5-9-15-24)30(26-16-10-11-17-27(26)38-3)35-25(21-40-32(35)33-22)18-28(36)34(2)19-23-12-6-4-7-13-23/h4-17,21,30H,18-20H2,1-3H3. The summed E-state index contributed by atoms with van der Waals surface area (Å²) in [7, 11) is 3.41. The molecule has 1 amide bonds. The van der Waals surface area contributed by atoms with Gasteiger partial charge in [-0.25, -0.2) is 9.79 Å². The molecule has 0 spiro atoms. The van der Waals surface area contributed by atoms with E-state index in [0.29, 0.717) is 28.7 Å². The van der Waals surface area contributed by atoms with E-state index < -0.39 is 12.0 Å². The molecular formula is C32H31N3O4S. The SMILES string of the molecule is COc1ccccc1C1C(C(=O)OCc2ccccc2)=C(C)N=C2SC=C(CC(=O)N(C)Cc3ccccc3)N21. The second-order valence-electron chi connectivity index (χ2n) is 9.61. The van der Waals surface area contributed by atoms with Gasteiger partial charge in [-0.2, -0.15) is 0 Å². The Kier molecular flexibility index (Phi) is 8.36. The van der Waals surface area contributed by atoms with Gasteiger partial charge in [0, 0.05) is 24.9 Å². The van der Waals surface area contributed by atoms with Crippen molar-refractivity contribution in [1.82, 2.24) is 9.80 Å². The van der Waals surface area contributed by atoms with E-state index in [9.17, 15) is 9.59 Å². The van der Waals surface area contributed by atoms with Crippen molar-refractivity contribution in [2.24, 2.45) is 4.99 Å². The van der Waals surface area contributed by atoms with Gasteiger partial charge in [0.15, 0.2) is 5.17 Å². The number of amidine groups is 1. The van der Waals surface area contributed by atoms with Crippen molar-refractivity contribution in [3.63, 3.8) is 0 Å². The summed E-state index contributed by atoms with van der Waals surface area (Å²) in [5.41, 5.74) is 4.51. The summed E-state index contributed by atoms with van der Waals surface area (Å²) in [6.45, 7) is 2.47. The first-order valence-electron chi connectivity index (χ1n) is 13.0. The number of carbonyl (C=O) groups excluding carboxylic acids is 2. The number of esters is 1. The summed E-state index contributed by atoms with van der Waals surface area (Å²) >= 11 is 1.45. The predicted octanol–water partition coefficient (Wildman–Crippen LogP) is 6.06. The number of hydrogen-bond acceptors (Lipinski definition) is 7. The Labute approximate surface area is 238 Å². The maximum Gasteiger partial charge on any atom is 0.338 e. The van der Waals surface area contributed by atoms with Crippen LogP contribution in [0.4, 0.5) is 0 Å². The molecule has 0 aromatic heterocycles. The molecule has 204 valence electrons. The molecule has 7 nitrogen and oxygen atoms in total. The number of allylic oxidation sites excluding steroid dienone is 1. The molecule has 8 heteroatoms. The minimum Gasteiger partial charge on any atom is -0.496 e. The number of hydrogen-bond donors (Lipinski definition) is 0. The first-order chi connectivity index (χ1) is 19.5. The molecule has 0 N–H and O–H groups in total. The third-order valence-corrected chi connectivity index (χ3v) is 7.78. The average molecular weight is 554 g/mol. The van der Waals surface area contributed by atoms with Crippen LogP contribution >= 0.6 is 11.8 Å². The Morgan fingerprint density at radius 2 is 1.60 bits per heavy atom. The number of methoxy groups -OCH3 is 1. The number of carbonyl (C=O) groups is 2. The van der Waals surface area contributed by atoms with E-state index in [4.69, 9.17) is 14.5 Å². The maximum absolute atomic E-state index is 13.7. The quantitative estimate of drug-likeness (QED) is 0.300. The fourth-order valence-electron chi connectivity index (χ4n) is 4.85. The van der Waals surface area contributed by atoms with E-state index in [1.165, 1.54) is 11.8 Å². The molecule has 2 aliphatic heterocycles. The Hall–Kier alpha value is -4.30. The normalized spacial score (nSPS) is 16.2. The van der Waals surface area contributed by atoms with Gasteiger partial charge in [-0.3, -0.25) is 4.79 Å². The average Bonchev–Trinajstić information content (AvgIpc) is 3.37. The molecule has 0 aliphatic carbocycles. The Bertz CT molecular complexity index is 1480. The lowest BCUT2D eigenvalue weighted by atomic mass is 9.93. The number of nitrogens with zero attached hydrogens (tertiary/aromatic N) is 3. The van der Waals surface area contributed by atoms with E-state index >= 15 is 0 Å². The maximum atomic E-state index is 13.7. The van der Waals surface area contributed by atoms with Crippen LogP contribution in [0.15, 0.2) is 112 Å². The van der Waals surface area contributed by atoms with Gasteiger partial charge in [0.1, 0.15) is 12.4 Å². The highest BCUT2D eigenvalue weighted by Gasteiger charge is 2.42. The minimum atomic E-state index is -0.569. The minimum absolute atomic E-state index is 0.0322. The lowest BCUT2D eigenvalue weighted by molar-refractivity contribution is -0.141. The van der Waals surface area contributed by atoms with Crippen molar-refractivity contribution >= 4 is 28.8 Å². The molecule has 2 heterocycles. The van der Waals surface area contributed by atoms with E-state index in [1.807, 2.05) is 102 Å². The number of aliphatic imine (C=N–C) groups is 1. The molecule has 2 aliphatic rings. The summed E-state index contributed by atoms with van der Waals surface area (Å²) in [6, 6.07) is 26.5. The van der Waals surface area contributed by atoms with Gasteiger partial charge >= 0.3 is 5.97 Å². The van der Waals surface area contributed by atoms with Crippen LogP contribution in [-0.2, 0) is 27.5 Å². The molecule has 0 fully saturated rings. The Balaban J connectivity index is 1.45. The number of ether oxygens (including phenoxy) is 2. The molecule has 3 aromatic carbocycles. The van der Waals surface area contributed by atoms with Crippen LogP contribution in [0.25, 0.3) is 0 Å². The summed E-state index contributed by atoms with van der Waals surface area (Å²) in [5.74, 6) is 0.151. The number of benzene rings is 3. The van der Waals surface area contributed by atoms with Gasteiger partial charge in [-0.1, -0.05) is 90.6 Å². The predicted molar refractivity (Wildman–Crippen MR) is 157 cm³/mol. The van der Waals surface area contributed by atoms with E-state index in [1.54, 1.807) is 19.1 Å². The fraction of sp³-hybridized carbons (Fsp3) is 0.219. The lowest BCUT2D eigenvalue weighted by Crippen LogP contribution is -2.38. The van der Waals surface area contributed by atoms with E-state index in [-0.39, 0.29) is 18.9 Å². The molecule has 5 rings (SSSR count). The van der Waals surface area contributed by atoms with Gasteiger partial charge in [-0.05, 0) is 29.5 Å². The molecular weight excluding hydrogens is 522 g/mol. The van der Waals surface area contributed by atoms with Gasteiger partial charge in [-0.15, -0.1) is 0 Å². The molecule has 0 bridgehead atoms. The van der Waals surface area contributed by atoms with Crippen LogP contribution in [0, 0.1) is 0 Å². The van der Waals surface area contributed by atoms with Crippen molar-refractivity contribution in [3.8, 4) is 5.75 Å². The number of para-hydroxylation sites is 1. The zero-order valence-electron chi connectivity index (χ0n) is 22.7. The van der Waals surface area contributed by atoms with Crippen LogP contribution < -0.4 is 4.74 Å². The van der Waals surface area contributed by atoms with Crippen molar-refractivity contribution in [1.29, 1.82) is 0 Å². The number of rotatable bonds is 9. The smallest absolute Gasteiger partial charge is 0.338 e. The Morgan fingerprint density at radius 3 is 2.30 bits per heavy atom. The van der Waals surface area contributed by atoms with E-state index in [2.05, 4.69) is 0 Å². The number of amides is 1. The number of fused-ring (bicyclic) bond motifs is 1. The van der Waals surface area contributed by atoms with Gasteiger partial charge in [0.05, 0.1) is 30.8 Å². The third-order valence-electron chi connectivity index (χ3n) is 6.89. The van der Waals surface area contributed by atoms with E-state index in [0.717, 1.165) is 22.4 Å². The summed E-state index contributed by atoms with van der Waals surface area (Å²) in [6.07, 6.45) is 0.159. The monoisotopic (exact) mass is 553 g/mol. The van der Waals surface area contributed by atoms with Crippen LogP contribution in [0.5, 0.6) is 5.75 Å². The zero-order chi connectivity index (χ0) is 28.1. The highest BCUT2D eigenvalue weighted by molar-refractivity contribution is 8.16. The first kappa shape index (κ1) is 27.3. The summed E-state index contributed by atoms with van der Waals surface area (Å²) < 4.78 is 11.5. The first-order valence-corrected chi connectivity index (χ1v) is 13.9. The van der Waals surface area contributed by atoms with Gasteiger partial charge in [0.25, 0.3) is 0 Å². The lowest BCUT2D eigenvalue weighted by Gasteiger charge is -2.37. The third kappa shape index (κ3) is 5.82. The molecule has 1 unspecified atom stereocenters. The van der Waals surface area contributed by atoms with Crippen LogP contribution in [0.3, 0.4) is 0 Å². The largest absolute Gasteiger partial charge is 0.496 e. The molecule has 1 atom stereocenters. The van der Waals surface area contributed by atoms with Crippen LogP contribution in [0.1, 0.15) is 36.1 Å². The molecule has 0 radical (unpaired) electrons. The van der Waals surface area contributed by atoms with Crippen molar-refractivity contribution in [2.45, 2.75) is 32.5 Å². The van der Waals surface area contributed by atoms with Crippen LogP contribution in [-0.4, -0.2) is 41.0 Å². The highest BCUT2D eigenvalue weighted by atomic mass is 32.2.